The van der Waals surface area contributed by atoms with E-state index in [4.69, 9.17) is 18.9 Å². The minimum absolute atomic E-state index is 0.0822. The second-order valence-electron chi connectivity index (χ2n) is 14.3. The quantitative estimate of drug-likeness (QED) is 0.225. The summed E-state index contributed by atoms with van der Waals surface area (Å²) in [6.45, 7) is 0.335. The first-order valence-corrected chi connectivity index (χ1v) is 18.4. The van der Waals surface area contributed by atoms with Gasteiger partial charge in [0.25, 0.3) is 0 Å². The van der Waals surface area contributed by atoms with Gasteiger partial charge in [0.1, 0.15) is 24.4 Å². The number of rotatable bonds is 10. The molecule has 2 amide bonds. The predicted octanol–water partition coefficient (Wildman–Crippen LogP) is 4.91. The van der Waals surface area contributed by atoms with Gasteiger partial charge in [-0.1, -0.05) is 91.0 Å². The van der Waals surface area contributed by atoms with Gasteiger partial charge in [-0.15, -0.1) is 0 Å². The number of benzene rings is 3. The van der Waals surface area contributed by atoms with Gasteiger partial charge in [0.05, 0.1) is 24.4 Å². The minimum Gasteiger partial charge on any atom is -0.456 e. The number of allylic oxidation sites excluding steroid dienone is 1. The Labute approximate surface area is 303 Å². The van der Waals surface area contributed by atoms with Gasteiger partial charge in [-0.05, 0) is 55.7 Å². The fraction of sp³-hybridized carbons (Fsp3) is 0.405. The molecule has 3 heterocycles. The molecule has 10 heteroatoms. The van der Waals surface area contributed by atoms with Crippen molar-refractivity contribution in [3.8, 4) is 0 Å². The van der Waals surface area contributed by atoms with E-state index in [9.17, 15) is 19.5 Å². The Bertz CT molecular complexity index is 1810. The van der Waals surface area contributed by atoms with E-state index in [0.717, 1.165) is 36.0 Å². The topological polar surface area (TPSA) is 127 Å². The van der Waals surface area contributed by atoms with E-state index in [-0.39, 0.29) is 31.4 Å². The smallest absolute Gasteiger partial charge is 0.339 e. The molecule has 270 valence electrons. The van der Waals surface area contributed by atoms with Crippen molar-refractivity contribution in [1.29, 1.82) is 0 Å². The van der Waals surface area contributed by atoms with Crippen molar-refractivity contribution in [1.82, 2.24) is 10.2 Å². The first-order chi connectivity index (χ1) is 25.4. The average Bonchev–Trinajstić information content (AvgIpc) is 3.58. The maximum absolute atomic E-state index is 14.3. The van der Waals surface area contributed by atoms with Crippen molar-refractivity contribution in [3.63, 3.8) is 0 Å². The molecule has 2 N–H and O–H groups in total. The van der Waals surface area contributed by atoms with Crippen LogP contribution in [-0.4, -0.2) is 84.0 Å². The van der Waals surface area contributed by atoms with Crippen molar-refractivity contribution < 1.29 is 38.4 Å². The number of amides is 2. The molecule has 10 nitrogen and oxygen atoms in total. The maximum atomic E-state index is 14.3. The van der Waals surface area contributed by atoms with Gasteiger partial charge >= 0.3 is 5.97 Å². The lowest BCUT2D eigenvalue weighted by molar-refractivity contribution is -0.157. The Kier molecular flexibility index (Phi) is 9.80. The summed E-state index contributed by atoms with van der Waals surface area (Å²) in [6.07, 6.45) is 8.75. The summed E-state index contributed by atoms with van der Waals surface area (Å²) in [6, 6.07) is 26.0. The molecule has 3 aromatic rings. The van der Waals surface area contributed by atoms with Crippen LogP contribution in [0.15, 0.2) is 103 Å². The molecular weight excluding hydrogens is 660 g/mol. The van der Waals surface area contributed by atoms with E-state index in [1.54, 1.807) is 17.0 Å². The van der Waals surface area contributed by atoms with Crippen LogP contribution in [-0.2, 0) is 34.3 Å². The number of nitrogens with zero attached hydrogens (tertiary/aromatic N) is 1. The summed E-state index contributed by atoms with van der Waals surface area (Å²) in [5, 5.41) is 12.0. The summed E-state index contributed by atoms with van der Waals surface area (Å²) >= 11 is 0. The number of nitrogens with one attached hydrogen (secondary N) is 1. The van der Waals surface area contributed by atoms with Crippen LogP contribution in [0.4, 0.5) is 0 Å². The zero-order chi connectivity index (χ0) is 35.7. The Morgan fingerprint density at radius 3 is 2.37 bits per heavy atom. The largest absolute Gasteiger partial charge is 0.456 e. The molecule has 3 unspecified atom stereocenters. The monoisotopic (exact) mass is 704 g/mol. The zero-order valence-corrected chi connectivity index (χ0v) is 29.0. The van der Waals surface area contributed by atoms with Gasteiger partial charge in [0, 0.05) is 36.2 Å². The average molecular weight is 705 g/mol. The Morgan fingerprint density at radius 2 is 1.63 bits per heavy atom. The number of esters is 1. The number of aliphatic hydroxyl groups excluding tert-OH is 1. The maximum Gasteiger partial charge on any atom is 0.339 e. The Hall–Kier alpha value is -4.61. The van der Waals surface area contributed by atoms with E-state index in [2.05, 4.69) is 11.4 Å². The van der Waals surface area contributed by atoms with E-state index in [0.29, 0.717) is 48.6 Å². The number of fused-ring (bicyclic) bond motifs is 2. The molecule has 7 atom stereocenters. The lowest BCUT2D eigenvalue weighted by atomic mass is 9.88. The first-order valence-electron chi connectivity index (χ1n) is 18.4. The molecule has 0 aromatic heterocycles. The zero-order valence-electron chi connectivity index (χ0n) is 29.0. The van der Waals surface area contributed by atoms with Crippen LogP contribution in [0, 0.1) is 5.92 Å². The normalized spacial score (nSPS) is 28.8. The summed E-state index contributed by atoms with van der Waals surface area (Å²) in [4.78, 5) is 43.0. The van der Waals surface area contributed by atoms with Gasteiger partial charge < -0.3 is 34.3 Å². The molecule has 4 fully saturated rings. The Balaban J connectivity index is 1.11. The van der Waals surface area contributed by atoms with Crippen LogP contribution < -0.4 is 5.32 Å². The third kappa shape index (κ3) is 6.84. The second-order valence-corrected chi connectivity index (χ2v) is 14.3. The highest BCUT2D eigenvalue weighted by atomic mass is 16.8. The standard InChI is InChI=1S/C42H44N2O8/c45-23-21-43-39(46)33-16-9-22-44(33)40(47)29-25-36(50-41(48)32-15-8-7-10-28(32)19-17-27-18-20-34-35(24-27)49-34)38-37(26-29)51-42(52-38,30-11-3-1-4-12-30)31-13-5-2-6-14-31/h1-8,10-15,17,19,26-27,33-38,45H,9,16,18,20-25H2,(H,43,46)/t27?,33-,34?,35?,36-,37-,38+/m1/s1. The van der Waals surface area contributed by atoms with Crippen molar-refractivity contribution in [2.24, 2.45) is 5.92 Å². The fourth-order valence-electron chi connectivity index (χ4n) is 8.22. The van der Waals surface area contributed by atoms with E-state index >= 15 is 0 Å². The third-order valence-electron chi connectivity index (χ3n) is 10.9. The Morgan fingerprint density at radius 1 is 0.904 bits per heavy atom. The molecule has 2 aliphatic carbocycles. The van der Waals surface area contributed by atoms with E-state index in [1.165, 1.54) is 0 Å². The number of ether oxygens (including phenoxy) is 4. The molecule has 3 aromatic carbocycles. The highest BCUT2D eigenvalue weighted by Crippen LogP contribution is 2.47. The molecule has 1 saturated carbocycles. The number of carbonyl (C=O) groups is 3. The third-order valence-corrected chi connectivity index (χ3v) is 10.9. The molecule has 5 aliphatic rings. The molecule has 0 bridgehead atoms. The van der Waals surface area contributed by atoms with Crippen molar-refractivity contribution in [2.75, 3.05) is 19.7 Å². The van der Waals surface area contributed by atoms with Crippen molar-refractivity contribution >= 4 is 23.9 Å². The van der Waals surface area contributed by atoms with Crippen LogP contribution in [0.25, 0.3) is 6.08 Å². The highest BCUT2D eigenvalue weighted by molar-refractivity contribution is 5.98. The molecule has 0 spiro atoms. The molecule has 52 heavy (non-hydrogen) atoms. The van der Waals surface area contributed by atoms with Gasteiger partial charge in [-0.2, -0.15) is 0 Å². The van der Waals surface area contributed by atoms with Gasteiger partial charge in [-0.3, -0.25) is 9.59 Å². The first kappa shape index (κ1) is 34.5. The second kappa shape index (κ2) is 14.8. The van der Waals surface area contributed by atoms with E-state index in [1.807, 2.05) is 84.9 Å². The molecule has 0 radical (unpaired) electrons. The number of epoxide rings is 1. The van der Waals surface area contributed by atoms with Crippen LogP contribution >= 0.6 is 0 Å². The molecule has 3 aliphatic heterocycles. The van der Waals surface area contributed by atoms with Crippen LogP contribution in [0.5, 0.6) is 0 Å². The van der Waals surface area contributed by atoms with Gasteiger partial charge in [-0.25, -0.2) is 4.79 Å². The number of hydrogen-bond acceptors (Lipinski definition) is 8. The summed E-state index contributed by atoms with van der Waals surface area (Å²) in [5.41, 5.74) is 3.11. The van der Waals surface area contributed by atoms with Crippen molar-refractivity contribution in [3.05, 3.63) is 125 Å². The summed E-state index contributed by atoms with van der Waals surface area (Å²) in [5.74, 6) is -2.07. The van der Waals surface area contributed by atoms with Crippen LogP contribution in [0.2, 0.25) is 0 Å². The van der Waals surface area contributed by atoms with Gasteiger partial charge in [0.15, 0.2) is 0 Å². The number of carbonyl (C=O) groups excluding carboxylic acids is 3. The predicted molar refractivity (Wildman–Crippen MR) is 192 cm³/mol. The minimum atomic E-state index is -1.33. The lowest BCUT2D eigenvalue weighted by Crippen LogP contribution is -2.49. The molecule has 3 saturated heterocycles. The fourth-order valence-corrected chi connectivity index (χ4v) is 8.22. The van der Waals surface area contributed by atoms with E-state index < -0.39 is 36.1 Å². The summed E-state index contributed by atoms with van der Waals surface area (Å²) in [7, 11) is 0. The van der Waals surface area contributed by atoms with Crippen LogP contribution in [0.3, 0.4) is 0 Å². The number of hydrogen-bond donors (Lipinski definition) is 2. The van der Waals surface area contributed by atoms with Crippen LogP contribution in [0.1, 0.15) is 65.6 Å². The molecular formula is C42H44N2O8. The van der Waals surface area contributed by atoms with Crippen molar-refractivity contribution in [2.45, 2.75) is 80.9 Å². The molecule has 8 rings (SSSR count). The summed E-state index contributed by atoms with van der Waals surface area (Å²) < 4.78 is 25.9. The SMILES string of the molecule is O=C(O[C@@H]1CC(C(=O)N2CCC[C@@H]2C(=O)NCCO)=C[C@H]2OC(c3ccccc3)(c3ccccc3)O[C@H]21)c1ccccc1C=CC1CCC2OC2C1. The number of aliphatic hydroxyl groups is 1. The van der Waals surface area contributed by atoms with Gasteiger partial charge in [0.2, 0.25) is 17.6 Å². The number of likely N-dealkylation sites (tertiary alicyclic amines) is 1. The lowest BCUT2D eigenvalue weighted by Gasteiger charge is -2.33. The highest BCUT2D eigenvalue weighted by Gasteiger charge is 2.55.